The van der Waals surface area contributed by atoms with Crippen molar-refractivity contribution in [2.45, 2.75) is 210 Å². The Bertz CT molecular complexity index is 7370. The Hall–Kier alpha value is -13.4. The number of H-pyrrole nitrogens is 3. The van der Waals surface area contributed by atoms with Gasteiger partial charge in [0.1, 0.15) is 94.9 Å². The second-order valence-electron chi connectivity index (χ2n) is 34.5. The zero-order chi connectivity index (χ0) is 93.3. The SMILES string of the molecule is CCc1nc(Cl)c2c(C(=NC)c3ccccc3Oc3ccccc3)nn(C3CCCC3)c2n1.Cc1ccc(C(=S)c2nn(C3CCCC3)c3[nH]c(C)nc(=S)c23)cc1.Cc1ccc(Oc2nn(C3CCCC3)c3[nH]c(=O)ncc23)cc1.Cc1cccc(Oc2nn(C3CCCC3)c3nc(Cl)[nH]c(=O)c23)c1.Nc1nc(N)c2c(Sc3ccccc3Oc3ccccc3)nn(C3CCCC3)c2n1. The van der Waals surface area contributed by atoms with E-state index in [1.54, 1.807) is 11.7 Å². The van der Waals surface area contributed by atoms with Gasteiger partial charge in [0, 0.05) is 25.2 Å². The van der Waals surface area contributed by atoms with Crippen LogP contribution in [0, 0.1) is 32.3 Å². The number of fused-ring (bicyclic) bond motifs is 5. The van der Waals surface area contributed by atoms with Crippen LogP contribution in [0.2, 0.25) is 10.4 Å². The number of nitrogens with one attached hydrogen (secondary N) is 3. The Morgan fingerprint density at radius 2 is 0.993 bits per heavy atom. The zero-order valence-corrected chi connectivity index (χ0v) is 79.7. The molecule has 0 spiro atoms. The van der Waals surface area contributed by atoms with Crippen LogP contribution in [0.15, 0.2) is 213 Å². The number of aromatic nitrogens is 20. The van der Waals surface area contributed by atoms with Crippen molar-refractivity contribution in [1.82, 2.24) is 98.7 Å². The van der Waals surface area contributed by atoms with E-state index in [-0.39, 0.29) is 34.4 Å². The molecular weight excluding hydrogens is 1800 g/mol. The highest BCUT2D eigenvalue weighted by molar-refractivity contribution is 7.99. The van der Waals surface area contributed by atoms with Crippen LogP contribution in [-0.2, 0) is 6.42 Å². The number of halogens is 2. The first-order valence-electron chi connectivity index (χ1n) is 46.0. The summed E-state index contributed by atoms with van der Waals surface area (Å²) >= 11 is 25.5. The standard InChI is InChI=1S/C26H26ClN5O.C22H22N6OS.C19H20N4S2.C17H17ClN4O2.C17H18N4O2/c1-3-21-29-25(27)22-24(31-32(26(22)30-21)17-11-7-8-12-17)23(28-2)19-15-9-10-16-20(19)33-18-13-5-4-6-14-18;23-19-18-20(26-22(24)25-19)28(14-8-4-5-9-14)27-21(18)30-17-13-7-6-12-16(17)29-15-10-2-1-3-11-15;1-11-7-9-13(10-8-11)17(24)16-15-18(20-12(2)21-19(15)25)23(22-16)14-5-3-4-6-14;1-10-5-4-8-12(9-10)24-16-13-14(19-17(18)20-15(13)23)22(21-16)11-6-2-3-7-11;1-11-6-8-13(9-7-11)23-16-14-10-18-17(22)19-15(14)21(20-16)12-4-2-3-5-12/h4-6,9-10,13-17H,3,7-8,11-12H2,1-2H3;1-3,6-7,10-14H,4-5,8-9H2,(H4,23,24,25,26);7-10,14H,3-6H2,1-2H3,(H,20,21,25);4-5,8-9,11H,2-3,6-7H2,1H3,(H,19,20,23);6-10,12H,2-5H2,1H3,(H,18,19,22). The lowest BCUT2D eigenvalue weighted by Gasteiger charge is -2.12. The van der Waals surface area contributed by atoms with Crippen molar-refractivity contribution in [3.05, 3.63) is 275 Å². The predicted octanol–water partition coefficient (Wildman–Crippen LogP) is 23.8. The van der Waals surface area contributed by atoms with Crippen molar-refractivity contribution in [2.75, 3.05) is 18.5 Å². The molecule has 5 saturated carbocycles. The molecule has 10 heterocycles. The van der Waals surface area contributed by atoms with E-state index in [0.717, 1.165) is 182 Å². The van der Waals surface area contributed by atoms with E-state index in [0.29, 0.717) is 97.3 Å². The van der Waals surface area contributed by atoms with Gasteiger partial charge in [-0.2, -0.15) is 30.2 Å². The van der Waals surface area contributed by atoms with Crippen molar-refractivity contribution >= 4 is 137 Å². The van der Waals surface area contributed by atoms with Gasteiger partial charge in [-0.15, -0.1) is 10.2 Å². The summed E-state index contributed by atoms with van der Waals surface area (Å²) in [4.78, 5) is 69.6. The summed E-state index contributed by atoms with van der Waals surface area (Å²) in [6.45, 7) is 10.0. The van der Waals surface area contributed by atoms with Crippen molar-refractivity contribution in [3.63, 3.8) is 0 Å². The quantitative estimate of drug-likeness (QED) is 0.0156. The number of benzene rings is 7. The van der Waals surface area contributed by atoms with Crippen LogP contribution in [0.25, 0.3) is 55.2 Å². The number of hydrogen-bond donors (Lipinski definition) is 5. The molecule has 22 rings (SSSR count). The minimum atomic E-state index is -0.362. The molecule has 5 fully saturated rings. The number of rotatable bonds is 20. The number of thiocarbonyl (C=S) groups is 1. The number of nitrogens with two attached hydrogens (primary N) is 2. The summed E-state index contributed by atoms with van der Waals surface area (Å²) in [5.74, 6) is 7.18. The fraction of sp³-hybridized carbons (Fsp3) is 0.317. The molecule has 690 valence electrons. The van der Waals surface area contributed by atoms with Gasteiger partial charge in [0.25, 0.3) is 11.4 Å². The second-order valence-corrected chi connectivity index (χ2v) is 37.1. The van der Waals surface area contributed by atoms with Gasteiger partial charge in [-0.05, 0) is 187 Å². The number of nitrogen functional groups attached to an aromatic ring is 2. The van der Waals surface area contributed by atoms with Gasteiger partial charge in [0.2, 0.25) is 17.1 Å². The number of hydrogen-bond acceptors (Lipinski definition) is 24. The third-order valence-corrected chi connectivity index (χ3v) is 27.2. The van der Waals surface area contributed by atoms with Gasteiger partial charge < -0.3 is 35.4 Å². The number of aryl methyl sites for hydroxylation is 5. The van der Waals surface area contributed by atoms with Crippen LogP contribution < -0.4 is 41.7 Å². The van der Waals surface area contributed by atoms with Gasteiger partial charge >= 0.3 is 5.69 Å². The van der Waals surface area contributed by atoms with Gasteiger partial charge in [0.15, 0.2) is 16.9 Å². The maximum absolute atomic E-state index is 12.4. The largest absolute Gasteiger partial charge is 0.457 e. The lowest BCUT2D eigenvalue weighted by atomic mass is 10.0. The Morgan fingerprint density at radius 1 is 0.481 bits per heavy atom. The Kier molecular flexibility index (Phi) is 28.4. The van der Waals surface area contributed by atoms with E-state index in [2.05, 4.69) is 88.5 Å². The first kappa shape index (κ1) is 92.1. The highest BCUT2D eigenvalue weighted by Crippen LogP contribution is 2.45. The minimum absolute atomic E-state index is 0.0637. The summed E-state index contributed by atoms with van der Waals surface area (Å²) in [6, 6.07) is 60.4. The van der Waals surface area contributed by atoms with E-state index in [1.165, 1.54) is 80.5 Å². The maximum atomic E-state index is 12.4. The van der Waals surface area contributed by atoms with Crippen molar-refractivity contribution in [2.24, 2.45) is 4.99 Å². The maximum Gasteiger partial charge on any atom is 0.346 e. The zero-order valence-electron chi connectivity index (χ0n) is 75.8. The Balaban J connectivity index is 0.000000113. The molecule has 5 aliphatic carbocycles. The second kappa shape index (κ2) is 41.6. The highest BCUT2D eigenvalue weighted by atomic mass is 35.5. The number of aromatic amines is 3. The average Bonchev–Trinajstić information content (AvgIpc) is 1.62. The van der Waals surface area contributed by atoms with Gasteiger partial charge in [-0.25, -0.2) is 48.1 Å². The smallest absolute Gasteiger partial charge is 0.346 e. The van der Waals surface area contributed by atoms with E-state index < -0.39 is 0 Å². The summed E-state index contributed by atoms with van der Waals surface area (Å²) in [7, 11) is 1.77. The van der Waals surface area contributed by atoms with Crippen LogP contribution >= 0.6 is 59.4 Å². The molecule has 0 aliphatic heterocycles. The molecule has 29 nitrogen and oxygen atoms in total. The molecule has 0 unspecified atom stereocenters. The fourth-order valence-electron chi connectivity index (χ4n) is 18.3. The molecule has 34 heteroatoms. The molecule has 5 aliphatic rings. The predicted molar refractivity (Wildman–Crippen MR) is 536 cm³/mol. The molecule has 17 aromatic rings. The Labute approximate surface area is 803 Å². The normalized spacial score (nSPS) is 14.9. The first-order valence-corrected chi connectivity index (χ1v) is 48.4. The molecule has 0 bridgehead atoms. The molecular formula is C101H103Cl2N23O6S3. The molecule has 10 aromatic heterocycles. The summed E-state index contributed by atoms with van der Waals surface area (Å²) in [6.07, 6.45) is 25.0. The van der Waals surface area contributed by atoms with E-state index in [4.69, 9.17) is 98.3 Å². The summed E-state index contributed by atoms with van der Waals surface area (Å²) < 4.78 is 34.6. The molecule has 0 amide bonds. The number of ether oxygens (including phenoxy) is 4. The van der Waals surface area contributed by atoms with Crippen molar-refractivity contribution in [3.8, 4) is 46.3 Å². The van der Waals surface area contributed by atoms with E-state index in [9.17, 15) is 9.59 Å². The topological polar surface area (TPSA) is 362 Å². The lowest BCUT2D eigenvalue weighted by molar-refractivity contribution is 0.422. The summed E-state index contributed by atoms with van der Waals surface area (Å²) in [5, 5.41) is 28.7. The third-order valence-electron chi connectivity index (χ3n) is 25.0. The van der Waals surface area contributed by atoms with Crippen LogP contribution in [0.5, 0.6) is 46.3 Å². The van der Waals surface area contributed by atoms with Crippen LogP contribution in [0.3, 0.4) is 0 Å². The highest BCUT2D eigenvalue weighted by Gasteiger charge is 2.33. The van der Waals surface area contributed by atoms with E-state index >= 15 is 0 Å². The van der Waals surface area contributed by atoms with Crippen LogP contribution in [0.4, 0.5) is 11.8 Å². The first-order chi connectivity index (χ1) is 65.7. The number of aliphatic imine (C=N–C) groups is 1. The van der Waals surface area contributed by atoms with Gasteiger partial charge in [-0.1, -0.05) is 239 Å². The van der Waals surface area contributed by atoms with Gasteiger partial charge in [-0.3, -0.25) is 19.8 Å². The lowest BCUT2D eigenvalue weighted by Crippen LogP contribution is -2.13. The van der Waals surface area contributed by atoms with Gasteiger partial charge in [0.05, 0.1) is 67.2 Å². The van der Waals surface area contributed by atoms with Crippen LogP contribution in [-0.4, -0.2) is 116 Å². The van der Waals surface area contributed by atoms with Crippen molar-refractivity contribution in [1.29, 1.82) is 0 Å². The minimum Gasteiger partial charge on any atom is -0.457 e. The third kappa shape index (κ3) is 20.7. The molecule has 0 radical (unpaired) electrons. The fourth-order valence-corrected chi connectivity index (χ4v) is 20.4. The molecule has 0 atom stereocenters. The number of para-hydroxylation sites is 4. The summed E-state index contributed by atoms with van der Waals surface area (Å²) in [5.41, 5.74) is 22.5. The number of nitrogens with zero attached hydrogens (tertiary/aromatic N) is 18. The number of anilines is 2. The average molecular weight is 1900 g/mol. The van der Waals surface area contributed by atoms with E-state index in [1.807, 2.05) is 207 Å². The van der Waals surface area contributed by atoms with Crippen LogP contribution in [0.1, 0.15) is 216 Å². The monoisotopic (exact) mass is 1900 g/mol. The molecule has 7 aromatic carbocycles. The molecule has 0 saturated heterocycles. The molecule has 7 N–H and O–H groups in total. The molecule has 135 heavy (non-hydrogen) atoms. The Morgan fingerprint density at radius 3 is 1.61 bits per heavy atom. The van der Waals surface area contributed by atoms with Crippen molar-refractivity contribution < 1.29 is 18.9 Å².